The van der Waals surface area contributed by atoms with Crippen LogP contribution in [0.2, 0.25) is 0 Å². The summed E-state index contributed by atoms with van der Waals surface area (Å²) in [6.45, 7) is 12.5. The van der Waals surface area contributed by atoms with Crippen molar-refractivity contribution in [2.75, 3.05) is 6.61 Å². The van der Waals surface area contributed by atoms with Gasteiger partial charge < -0.3 is 4.74 Å². The van der Waals surface area contributed by atoms with Crippen LogP contribution in [0.5, 0.6) is 0 Å². The van der Waals surface area contributed by atoms with E-state index in [9.17, 15) is 4.79 Å². The first-order valence-electron chi connectivity index (χ1n) is 7.63. The molecule has 1 aliphatic rings. The van der Waals surface area contributed by atoms with E-state index in [2.05, 4.69) is 27.0 Å². The molecule has 1 rings (SSSR count). The average molecular weight is 276 g/mol. The summed E-state index contributed by atoms with van der Waals surface area (Å²) in [5.74, 6) is 1.54. The highest BCUT2D eigenvalue weighted by atomic mass is 16.5. The van der Waals surface area contributed by atoms with Crippen LogP contribution in [0.3, 0.4) is 0 Å². The minimum atomic E-state index is -0.293. The molecule has 0 spiro atoms. The standard InChI is InChI=1S/C18H28O2/c1-5-7-11-18(10-6-2)12-8-9-16(13-17(18)19)20-14-15(3)4/h5-6,13,15H,1-2,7-12,14H2,3-4H3/t18-/m0/s1. The number of rotatable bonds is 8. The minimum Gasteiger partial charge on any atom is -0.498 e. The van der Waals surface area contributed by atoms with Crippen LogP contribution in [0, 0.1) is 11.3 Å². The summed E-state index contributed by atoms with van der Waals surface area (Å²) in [6, 6.07) is 0. The van der Waals surface area contributed by atoms with E-state index in [1.165, 1.54) is 0 Å². The maximum atomic E-state index is 12.6. The molecule has 0 saturated carbocycles. The number of allylic oxidation sites excluding steroid dienone is 4. The summed E-state index contributed by atoms with van der Waals surface area (Å²) in [4.78, 5) is 12.6. The van der Waals surface area contributed by atoms with E-state index in [-0.39, 0.29) is 11.2 Å². The molecule has 0 aromatic carbocycles. The molecule has 112 valence electrons. The molecule has 1 atom stereocenters. The van der Waals surface area contributed by atoms with Crippen LogP contribution < -0.4 is 0 Å². The molecule has 0 amide bonds. The largest absolute Gasteiger partial charge is 0.498 e. The third kappa shape index (κ3) is 4.66. The fourth-order valence-electron chi connectivity index (χ4n) is 2.69. The summed E-state index contributed by atoms with van der Waals surface area (Å²) in [5.41, 5.74) is -0.293. The molecule has 0 aromatic rings. The second-order valence-corrected chi connectivity index (χ2v) is 6.13. The van der Waals surface area contributed by atoms with Crippen LogP contribution in [0.4, 0.5) is 0 Å². The average Bonchev–Trinajstić information content (AvgIpc) is 2.55. The first-order chi connectivity index (χ1) is 9.54. The molecule has 0 bridgehead atoms. The maximum Gasteiger partial charge on any atom is 0.165 e. The SMILES string of the molecule is C=CCC[C@@]1(CC=C)CCCC(OCC(C)C)=CC1=O. The molecule has 0 heterocycles. The number of ether oxygens (including phenoxy) is 1. The van der Waals surface area contributed by atoms with E-state index in [1.807, 2.05) is 12.2 Å². The Morgan fingerprint density at radius 2 is 2.15 bits per heavy atom. The van der Waals surface area contributed by atoms with Gasteiger partial charge in [-0.3, -0.25) is 4.79 Å². The highest BCUT2D eigenvalue weighted by Crippen LogP contribution is 2.39. The fraction of sp³-hybridized carbons (Fsp3) is 0.611. The predicted molar refractivity (Wildman–Crippen MR) is 84.4 cm³/mol. The van der Waals surface area contributed by atoms with E-state index < -0.39 is 0 Å². The number of hydrogen-bond acceptors (Lipinski definition) is 2. The quantitative estimate of drug-likeness (QED) is 0.594. The Hall–Kier alpha value is -1.31. The van der Waals surface area contributed by atoms with Gasteiger partial charge in [0, 0.05) is 17.9 Å². The van der Waals surface area contributed by atoms with Gasteiger partial charge in [0.05, 0.1) is 12.4 Å². The molecule has 0 radical (unpaired) electrons. The lowest BCUT2D eigenvalue weighted by Gasteiger charge is -2.29. The summed E-state index contributed by atoms with van der Waals surface area (Å²) >= 11 is 0. The van der Waals surface area contributed by atoms with Crippen molar-refractivity contribution in [2.45, 2.75) is 52.4 Å². The lowest BCUT2D eigenvalue weighted by Crippen LogP contribution is -2.28. The second kappa shape index (κ2) is 8.08. The molecule has 0 aliphatic heterocycles. The van der Waals surface area contributed by atoms with E-state index in [4.69, 9.17) is 4.74 Å². The molecule has 2 nitrogen and oxygen atoms in total. The first-order valence-corrected chi connectivity index (χ1v) is 7.63. The van der Waals surface area contributed by atoms with Gasteiger partial charge >= 0.3 is 0 Å². The van der Waals surface area contributed by atoms with Crippen molar-refractivity contribution in [3.05, 3.63) is 37.1 Å². The molecular formula is C18H28O2. The van der Waals surface area contributed by atoms with Crippen LogP contribution in [-0.4, -0.2) is 12.4 Å². The molecule has 0 N–H and O–H groups in total. The molecular weight excluding hydrogens is 248 g/mol. The van der Waals surface area contributed by atoms with Gasteiger partial charge in [0.1, 0.15) is 0 Å². The van der Waals surface area contributed by atoms with Crippen LogP contribution in [0.15, 0.2) is 37.1 Å². The van der Waals surface area contributed by atoms with Crippen molar-refractivity contribution in [2.24, 2.45) is 11.3 Å². The molecule has 0 unspecified atom stereocenters. The van der Waals surface area contributed by atoms with E-state index >= 15 is 0 Å². The van der Waals surface area contributed by atoms with Crippen molar-refractivity contribution < 1.29 is 9.53 Å². The normalized spacial score (nSPS) is 23.1. The molecule has 0 saturated heterocycles. The zero-order valence-corrected chi connectivity index (χ0v) is 13.0. The Balaban J connectivity index is 2.84. The van der Waals surface area contributed by atoms with Gasteiger partial charge in [0.25, 0.3) is 0 Å². The van der Waals surface area contributed by atoms with Crippen LogP contribution in [0.25, 0.3) is 0 Å². The van der Waals surface area contributed by atoms with Crippen LogP contribution in [0.1, 0.15) is 52.4 Å². The highest BCUT2D eigenvalue weighted by Gasteiger charge is 2.36. The third-order valence-electron chi connectivity index (χ3n) is 3.86. The molecule has 0 aromatic heterocycles. The Bertz CT molecular complexity index is 379. The zero-order chi connectivity index (χ0) is 15.0. The van der Waals surface area contributed by atoms with E-state index in [0.29, 0.717) is 12.5 Å². The lowest BCUT2D eigenvalue weighted by atomic mass is 9.73. The number of hydrogen-bond donors (Lipinski definition) is 0. The Labute approximate surface area is 123 Å². The molecule has 2 heteroatoms. The van der Waals surface area contributed by atoms with Crippen LogP contribution in [-0.2, 0) is 9.53 Å². The highest BCUT2D eigenvalue weighted by molar-refractivity contribution is 5.95. The van der Waals surface area contributed by atoms with Gasteiger partial charge in [-0.2, -0.15) is 0 Å². The first kappa shape index (κ1) is 16.7. The smallest absolute Gasteiger partial charge is 0.165 e. The summed E-state index contributed by atoms with van der Waals surface area (Å²) < 4.78 is 5.77. The summed E-state index contributed by atoms with van der Waals surface area (Å²) in [7, 11) is 0. The van der Waals surface area contributed by atoms with Crippen molar-refractivity contribution in [3.63, 3.8) is 0 Å². The summed E-state index contributed by atoms with van der Waals surface area (Å²) in [5, 5.41) is 0. The monoisotopic (exact) mass is 276 g/mol. The van der Waals surface area contributed by atoms with Crippen molar-refractivity contribution in [1.29, 1.82) is 0 Å². The zero-order valence-electron chi connectivity index (χ0n) is 13.0. The molecule has 0 fully saturated rings. The fourth-order valence-corrected chi connectivity index (χ4v) is 2.69. The maximum absolute atomic E-state index is 12.6. The van der Waals surface area contributed by atoms with Gasteiger partial charge in [-0.05, 0) is 38.0 Å². The van der Waals surface area contributed by atoms with Crippen molar-refractivity contribution in [3.8, 4) is 0 Å². The van der Waals surface area contributed by atoms with Crippen molar-refractivity contribution in [1.82, 2.24) is 0 Å². The number of ketones is 1. The Morgan fingerprint density at radius 3 is 2.75 bits per heavy atom. The minimum absolute atomic E-state index is 0.204. The van der Waals surface area contributed by atoms with Crippen LogP contribution >= 0.6 is 0 Å². The van der Waals surface area contributed by atoms with Gasteiger partial charge in [-0.15, -0.1) is 13.2 Å². The third-order valence-corrected chi connectivity index (χ3v) is 3.86. The molecule has 20 heavy (non-hydrogen) atoms. The molecule has 1 aliphatic carbocycles. The van der Waals surface area contributed by atoms with E-state index in [0.717, 1.165) is 44.3 Å². The lowest BCUT2D eigenvalue weighted by molar-refractivity contribution is -0.124. The number of carbonyl (C=O) groups is 1. The second-order valence-electron chi connectivity index (χ2n) is 6.13. The van der Waals surface area contributed by atoms with Gasteiger partial charge in [-0.1, -0.05) is 26.0 Å². The Morgan fingerprint density at radius 1 is 1.40 bits per heavy atom. The van der Waals surface area contributed by atoms with Gasteiger partial charge in [-0.25, -0.2) is 0 Å². The van der Waals surface area contributed by atoms with Gasteiger partial charge in [0.2, 0.25) is 0 Å². The van der Waals surface area contributed by atoms with Crippen molar-refractivity contribution >= 4 is 5.78 Å². The van der Waals surface area contributed by atoms with Gasteiger partial charge in [0.15, 0.2) is 5.78 Å². The Kier molecular flexibility index (Phi) is 6.77. The predicted octanol–water partition coefficient (Wildman–Crippen LogP) is 4.82. The van der Waals surface area contributed by atoms with E-state index in [1.54, 1.807) is 6.08 Å². The summed E-state index contributed by atoms with van der Waals surface area (Å²) in [6.07, 6.45) is 10.8. The topological polar surface area (TPSA) is 26.3 Å². The number of carbonyl (C=O) groups excluding carboxylic acids is 1.